The van der Waals surface area contributed by atoms with Crippen LogP contribution in [0.25, 0.3) is 0 Å². The zero-order valence-corrected chi connectivity index (χ0v) is 5.57. The standard InChI is InChI=1S/C5H9ClO2/c1-2-3-8-5(7)4-6/h2-4H2,1H3. The van der Waals surface area contributed by atoms with E-state index in [2.05, 4.69) is 4.74 Å². The van der Waals surface area contributed by atoms with E-state index in [1.54, 1.807) is 0 Å². The van der Waals surface area contributed by atoms with Crippen molar-refractivity contribution in [1.29, 1.82) is 0 Å². The minimum atomic E-state index is -0.339. The Bertz CT molecular complexity index is 72.8. The van der Waals surface area contributed by atoms with E-state index in [0.29, 0.717) is 6.61 Å². The minimum absolute atomic E-state index is 0.0417. The lowest BCUT2D eigenvalue weighted by molar-refractivity contribution is -0.140. The quantitative estimate of drug-likeness (QED) is 0.430. The lowest BCUT2D eigenvalue weighted by atomic mass is 10.5. The van der Waals surface area contributed by atoms with Crippen LogP contribution in [0.3, 0.4) is 0 Å². The first kappa shape index (κ1) is 7.76. The molecule has 0 aromatic carbocycles. The molecule has 0 amide bonds. The van der Waals surface area contributed by atoms with Crippen molar-refractivity contribution in [3.63, 3.8) is 0 Å². The van der Waals surface area contributed by atoms with Crippen molar-refractivity contribution < 1.29 is 9.53 Å². The highest BCUT2D eigenvalue weighted by molar-refractivity contribution is 6.26. The number of rotatable bonds is 3. The molecule has 0 N–H and O–H groups in total. The van der Waals surface area contributed by atoms with Gasteiger partial charge in [-0.15, -0.1) is 11.6 Å². The van der Waals surface area contributed by atoms with Gasteiger partial charge in [-0.3, -0.25) is 4.79 Å². The molecule has 0 saturated heterocycles. The van der Waals surface area contributed by atoms with Crippen LogP contribution in [0.15, 0.2) is 0 Å². The van der Waals surface area contributed by atoms with Gasteiger partial charge in [-0.2, -0.15) is 0 Å². The number of alkyl halides is 1. The summed E-state index contributed by atoms with van der Waals surface area (Å²) in [6.07, 6.45) is 0.850. The molecule has 0 radical (unpaired) electrons. The Hall–Kier alpha value is -0.240. The van der Waals surface area contributed by atoms with Gasteiger partial charge in [-0.05, 0) is 6.42 Å². The first-order chi connectivity index (χ1) is 3.81. The van der Waals surface area contributed by atoms with E-state index in [-0.39, 0.29) is 11.8 Å². The molecule has 0 rings (SSSR count). The maximum atomic E-state index is 10.2. The van der Waals surface area contributed by atoms with E-state index in [1.807, 2.05) is 6.92 Å². The Morgan fingerprint density at radius 2 is 2.38 bits per heavy atom. The van der Waals surface area contributed by atoms with Gasteiger partial charge in [0.15, 0.2) is 0 Å². The van der Waals surface area contributed by atoms with E-state index in [1.165, 1.54) is 0 Å². The second-order valence-corrected chi connectivity index (χ2v) is 1.62. The zero-order valence-electron chi connectivity index (χ0n) is 4.82. The number of hydrogen-bond acceptors (Lipinski definition) is 2. The van der Waals surface area contributed by atoms with Crippen LogP contribution in [0.2, 0.25) is 0 Å². The lowest BCUT2D eigenvalue weighted by Crippen LogP contribution is -2.05. The molecular formula is C5H9ClO2. The summed E-state index contributed by atoms with van der Waals surface area (Å²) in [5.41, 5.74) is 0. The predicted molar refractivity (Wildman–Crippen MR) is 32.0 cm³/mol. The van der Waals surface area contributed by atoms with Crippen molar-refractivity contribution in [2.45, 2.75) is 13.3 Å². The van der Waals surface area contributed by atoms with E-state index in [0.717, 1.165) is 6.42 Å². The Balaban J connectivity index is 2.99. The third-order valence-electron chi connectivity index (χ3n) is 0.576. The minimum Gasteiger partial charge on any atom is -0.465 e. The van der Waals surface area contributed by atoms with E-state index in [9.17, 15) is 4.79 Å². The van der Waals surface area contributed by atoms with Crippen LogP contribution in [0.1, 0.15) is 13.3 Å². The second-order valence-electron chi connectivity index (χ2n) is 1.35. The van der Waals surface area contributed by atoms with Crippen LogP contribution in [0.4, 0.5) is 0 Å². The highest BCUT2D eigenvalue weighted by atomic mass is 35.5. The number of carbonyl (C=O) groups is 1. The summed E-state index contributed by atoms with van der Waals surface area (Å²) in [5.74, 6) is -0.381. The fourth-order valence-electron chi connectivity index (χ4n) is 0.254. The average Bonchev–Trinajstić information content (AvgIpc) is 1.83. The monoisotopic (exact) mass is 136 g/mol. The molecule has 0 bridgehead atoms. The van der Waals surface area contributed by atoms with Gasteiger partial charge >= 0.3 is 5.97 Å². The largest absolute Gasteiger partial charge is 0.465 e. The third-order valence-corrected chi connectivity index (χ3v) is 0.795. The Morgan fingerprint density at radius 1 is 1.75 bits per heavy atom. The number of ether oxygens (including phenoxy) is 1. The molecule has 0 aromatic heterocycles. The Morgan fingerprint density at radius 3 is 2.75 bits per heavy atom. The number of halogens is 1. The van der Waals surface area contributed by atoms with Gasteiger partial charge in [0.1, 0.15) is 5.88 Å². The highest BCUT2D eigenvalue weighted by Crippen LogP contribution is 1.84. The van der Waals surface area contributed by atoms with Gasteiger partial charge in [0, 0.05) is 0 Å². The predicted octanol–water partition coefficient (Wildman–Crippen LogP) is 1.18. The molecule has 0 saturated carbocycles. The third kappa shape index (κ3) is 3.93. The van der Waals surface area contributed by atoms with Gasteiger partial charge in [0.2, 0.25) is 0 Å². The van der Waals surface area contributed by atoms with Crippen molar-refractivity contribution in [2.75, 3.05) is 12.5 Å². The van der Waals surface area contributed by atoms with Crippen LogP contribution in [0.5, 0.6) is 0 Å². The highest BCUT2D eigenvalue weighted by Gasteiger charge is 1.95. The molecule has 0 spiro atoms. The van der Waals surface area contributed by atoms with Gasteiger partial charge in [-0.25, -0.2) is 0 Å². The van der Waals surface area contributed by atoms with Gasteiger partial charge in [0.25, 0.3) is 0 Å². The summed E-state index contributed by atoms with van der Waals surface area (Å²) < 4.78 is 4.57. The smallest absolute Gasteiger partial charge is 0.320 e. The van der Waals surface area contributed by atoms with Gasteiger partial charge in [-0.1, -0.05) is 6.92 Å². The fourth-order valence-corrected chi connectivity index (χ4v) is 0.332. The topological polar surface area (TPSA) is 26.3 Å². The zero-order chi connectivity index (χ0) is 6.41. The van der Waals surface area contributed by atoms with E-state index < -0.39 is 0 Å². The molecule has 0 unspecified atom stereocenters. The Kier molecular flexibility index (Phi) is 4.76. The summed E-state index contributed by atoms with van der Waals surface area (Å²) in [7, 11) is 0. The maximum absolute atomic E-state index is 10.2. The summed E-state index contributed by atoms with van der Waals surface area (Å²) >= 11 is 5.11. The summed E-state index contributed by atoms with van der Waals surface area (Å²) in [5, 5.41) is 0. The molecule has 2 nitrogen and oxygen atoms in total. The van der Waals surface area contributed by atoms with Crippen molar-refractivity contribution in [3.05, 3.63) is 0 Å². The van der Waals surface area contributed by atoms with Crippen LogP contribution in [0, 0.1) is 0 Å². The van der Waals surface area contributed by atoms with Crippen LogP contribution < -0.4 is 0 Å². The number of carbonyl (C=O) groups excluding carboxylic acids is 1. The summed E-state index contributed by atoms with van der Waals surface area (Å²) in [6.45, 7) is 2.41. The molecule has 48 valence electrons. The van der Waals surface area contributed by atoms with Crippen molar-refractivity contribution in [3.8, 4) is 0 Å². The van der Waals surface area contributed by atoms with Crippen LogP contribution in [-0.4, -0.2) is 18.5 Å². The molecule has 0 aromatic rings. The van der Waals surface area contributed by atoms with Crippen molar-refractivity contribution >= 4 is 17.6 Å². The van der Waals surface area contributed by atoms with Gasteiger partial charge in [0.05, 0.1) is 6.61 Å². The van der Waals surface area contributed by atoms with Crippen LogP contribution in [-0.2, 0) is 9.53 Å². The van der Waals surface area contributed by atoms with Crippen LogP contribution >= 0.6 is 11.6 Å². The molecule has 0 heterocycles. The van der Waals surface area contributed by atoms with E-state index >= 15 is 0 Å². The first-order valence-electron chi connectivity index (χ1n) is 2.52. The van der Waals surface area contributed by atoms with Crippen molar-refractivity contribution in [2.24, 2.45) is 0 Å². The molecule has 0 aliphatic rings. The normalized spacial score (nSPS) is 8.75. The molecule has 0 aliphatic heterocycles. The molecule has 0 aliphatic carbocycles. The average molecular weight is 137 g/mol. The first-order valence-corrected chi connectivity index (χ1v) is 3.06. The molecule has 3 heteroatoms. The summed E-state index contributed by atoms with van der Waals surface area (Å²) in [4.78, 5) is 10.2. The molecule has 8 heavy (non-hydrogen) atoms. The molecular weight excluding hydrogens is 128 g/mol. The SMILES string of the molecule is CCCOC(=O)CCl. The maximum Gasteiger partial charge on any atom is 0.320 e. The Labute approximate surface area is 53.8 Å². The molecule has 0 fully saturated rings. The number of esters is 1. The molecule has 0 atom stereocenters. The van der Waals surface area contributed by atoms with Crippen molar-refractivity contribution in [1.82, 2.24) is 0 Å². The summed E-state index contributed by atoms with van der Waals surface area (Å²) in [6, 6.07) is 0. The second kappa shape index (κ2) is 4.91. The lowest BCUT2D eigenvalue weighted by Gasteiger charge is -1.96. The number of hydrogen-bond donors (Lipinski definition) is 0. The van der Waals surface area contributed by atoms with Gasteiger partial charge < -0.3 is 4.74 Å². The van der Waals surface area contributed by atoms with E-state index in [4.69, 9.17) is 11.6 Å². The fraction of sp³-hybridized carbons (Fsp3) is 0.800.